The number of likely N-dealkylation sites (tertiary alicyclic amines) is 1. The highest BCUT2D eigenvalue weighted by molar-refractivity contribution is 5.90. The minimum absolute atomic E-state index is 0.0261. The van der Waals surface area contributed by atoms with E-state index in [1.54, 1.807) is 24.0 Å². The van der Waals surface area contributed by atoms with Crippen LogP contribution in [0.4, 0.5) is 0 Å². The third-order valence-electron chi connectivity index (χ3n) is 4.64. The predicted octanol–water partition coefficient (Wildman–Crippen LogP) is 2.01. The van der Waals surface area contributed by atoms with Crippen molar-refractivity contribution in [2.24, 2.45) is 5.92 Å². The van der Waals surface area contributed by atoms with Crippen molar-refractivity contribution < 1.29 is 14.3 Å². The van der Waals surface area contributed by atoms with Gasteiger partial charge in [0.1, 0.15) is 0 Å². The molecule has 0 saturated carbocycles. The maximum Gasteiger partial charge on any atom is 0.228 e. The largest absolute Gasteiger partial charge is 0.383 e. The van der Waals surface area contributed by atoms with E-state index in [4.69, 9.17) is 4.74 Å². The van der Waals surface area contributed by atoms with Crippen molar-refractivity contribution in [3.05, 3.63) is 35.4 Å². The first-order valence-corrected chi connectivity index (χ1v) is 8.10. The van der Waals surface area contributed by atoms with Gasteiger partial charge < -0.3 is 14.5 Å². The molecule has 2 rings (SSSR count). The zero-order valence-corrected chi connectivity index (χ0v) is 14.4. The number of hydrogen-bond acceptors (Lipinski definition) is 3. The number of aryl methyl sites for hydroxylation is 1. The standard InChI is InChI=1S/C18H26N2O3/c1-5-19(3)18(22)15-12-16(21)20(10-11-23-4)17(15)14-9-7-6-8-13(14)2/h6-9,15,17H,5,10-12H2,1-4H3/t15-,17+/m1/s1. The molecule has 1 aromatic rings. The molecule has 0 aromatic heterocycles. The van der Waals surface area contributed by atoms with Gasteiger partial charge in [0.2, 0.25) is 11.8 Å². The van der Waals surface area contributed by atoms with Crippen LogP contribution in [0.5, 0.6) is 0 Å². The average molecular weight is 318 g/mol. The quantitative estimate of drug-likeness (QED) is 0.806. The first-order chi connectivity index (χ1) is 11.0. The number of ether oxygens (including phenoxy) is 1. The second-order valence-electron chi connectivity index (χ2n) is 6.04. The predicted molar refractivity (Wildman–Crippen MR) is 88.9 cm³/mol. The van der Waals surface area contributed by atoms with E-state index in [2.05, 4.69) is 0 Å². The van der Waals surface area contributed by atoms with E-state index in [9.17, 15) is 9.59 Å². The van der Waals surface area contributed by atoms with Gasteiger partial charge in [-0.15, -0.1) is 0 Å². The van der Waals surface area contributed by atoms with Gasteiger partial charge in [-0.05, 0) is 25.0 Å². The molecule has 1 aliphatic heterocycles. The molecule has 0 spiro atoms. The van der Waals surface area contributed by atoms with Crippen LogP contribution >= 0.6 is 0 Å². The number of carbonyl (C=O) groups is 2. The molecule has 5 heteroatoms. The number of hydrogen-bond donors (Lipinski definition) is 0. The number of benzene rings is 1. The first kappa shape index (κ1) is 17.5. The first-order valence-electron chi connectivity index (χ1n) is 8.10. The molecule has 5 nitrogen and oxygen atoms in total. The second kappa shape index (κ2) is 7.59. The molecule has 1 heterocycles. The summed E-state index contributed by atoms with van der Waals surface area (Å²) >= 11 is 0. The molecular formula is C18H26N2O3. The topological polar surface area (TPSA) is 49.9 Å². The third-order valence-corrected chi connectivity index (χ3v) is 4.64. The lowest BCUT2D eigenvalue weighted by molar-refractivity contribution is -0.135. The Hall–Kier alpha value is -1.88. The molecule has 1 saturated heterocycles. The Balaban J connectivity index is 2.39. The van der Waals surface area contributed by atoms with Crippen LogP contribution in [-0.4, -0.2) is 55.5 Å². The van der Waals surface area contributed by atoms with E-state index in [0.717, 1.165) is 11.1 Å². The van der Waals surface area contributed by atoms with Crippen molar-refractivity contribution in [3.8, 4) is 0 Å². The molecule has 1 aromatic carbocycles. The molecule has 0 aliphatic carbocycles. The van der Waals surface area contributed by atoms with Gasteiger partial charge in [-0.2, -0.15) is 0 Å². The van der Waals surface area contributed by atoms with Crippen molar-refractivity contribution in [1.82, 2.24) is 9.80 Å². The second-order valence-corrected chi connectivity index (χ2v) is 6.04. The van der Waals surface area contributed by atoms with Gasteiger partial charge in [0.15, 0.2) is 0 Å². The van der Waals surface area contributed by atoms with Crippen molar-refractivity contribution >= 4 is 11.8 Å². The smallest absolute Gasteiger partial charge is 0.228 e. The molecule has 0 bridgehead atoms. The van der Waals surface area contributed by atoms with Gasteiger partial charge in [-0.3, -0.25) is 9.59 Å². The van der Waals surface area contributed by atoms with Crippen LogP contribution in [0.25, 0.3) is 0 Å². The Morgan fingerprint density at radius 1 is 1.39 bits per heavy atom. The van der Waals surface area contributed by atoms with Crippen LogP contribution < -0.4 is 0 Å². The van der Waals surface area contributed by atoms with E-state index in [0.29, 0.717) is 19.7 Å². The normalized spacial score (nSPS) is 20.9. The Kier molecular flexibility index (Phi) is 5.77. The lowest BCUT2D eigenvalue weighted by Crippen LogP contribution is -2.38. The highest BCUT2D eigenvalue weighted by atomic mass is 16.5. The highest BCUT2D eigenvalue weighted by Gasteiger charge is 2.45. The Morgan fingerprint density at radius 2 is 2.09 bits per heavy atom. The molecule has 0 N–H and O–H groups in total. The van der Waals surface area contributed by atoms with Gasteiger partial charge in [-0.25, -0.2) is 0 Å². The molecule has 23 heavy (non-hydrogen) atoms. The summed E-state index contributed by atoms with van der Waals surface area (Å²) in [5, 5.41) is 0. The SMILES string of the molecule is CCN(C)C(=O)[C@@H]1CC(=O)N(CCOC)[C@H]1c1ccccc1C. The van der Waals surface area contributed by atoms with Crippen LogP contribution in [0.1, 0.15) is 30.5 Å². The van der Waals surface area contributed by atoms with Gasteiger partial charge in [-0.1, -0.05) is 24.3 Å². The summed E-state index contributed by atoms with van der Waals surface area (Å²) < 4.78 is 5.14. The molecule has 2 atom stereocenters. The Bertz CT molecular complexity index is 573. The van der Waals surface area contributed by atoms with Gasteiger partial charge >= 0.3 is 0 Å². The van der Waals surface area contributed by atoms with Crippen LogP contribution in [0.3, 0.4) is 0 Å². The maximum absolute atomic E-state index is 12.8. The van der Waals surface area contributed by atoms with Crippen LogP contribution in [0.15, 0.2) is 24.3 Å². The average Bonchev–Trinajstić information content (AvgIpc) is 2.88. The van der Waals surface area contributed by atoms with Crippen LogP contribution in [-0.2, 0) is 14.3 Å². The molecule has 0 radical (unpaired) electrons. The lowest BCUT2D eigenvalue weighted by Gasteiger charge is -2.30. The summed E-state index contributed by atoms with van der Waals surface area (Å²) in [5.74, 6) is -0.266. The summed E-state index contributed by atoms with van der Waals surface area (Å²) in [5.41, 5.74) is 2.16. The maximum atomic E-state index is 12.8. The van der Waals surface area contributed by atoms with Crippen molar-refractivity contribution in [1.29, 1.82) is 0 Å². The fourth-order valence-corrected chi connectivity index (χ4v) is 3.21. The summed E-state index contributed by atoms with van der Waals surface area (Å²) in [7, 11) is 3.41. The minimum atomic E-state index is -0.328. The Labute approximate surface area is 138 Å². The van der Waals surface area contributed by atoms with Gasteiger partial charge in [0.05, 0.1) is 18.6 Å². The van der Waals surface area contributed by atoms with E-state index < -0.39 is 0 Å². The number of nitrogens with zero attached hydrogens (tertiary/aromatic N) is 2. The van der Waals surface area contributed by atoms with Crippen LogP contribution in [0, 0.1) is 12.8 Å². The zero-order chi connectivity index (χ0) is 17.0. The van der Waals surface area contributed by atoms with Gasteiger partial charge in [0, 0.05) is 33.7 Å². The van der Waals surface area contributed by atoms with Crippen molar-refractivity contribution in [2.45, 2.75) is 26.3 Å². The third kappa shape index (κ3) is 3.55. The Morgan fingerprint density at radius 3 is 2.70 bits per heavy atom. The monoisotopic (exact) mass is 318 g/mol. The van der Waals surface area contributed by atoms with Crippen molar-refractivity contribution in [3.63, 3.8) is 0 Å². The fourth-order valence-electron chi connectivity index (χ4n) is 3.21. The summed E-state index contributed by atoms with van der Waals surface area (Å²) in [6.45, 7) is 5.59. The molecule has 0 unspecified atom stereocenters. The van der Waals surface area contributed by atoms with Crippen molar-refractivity contribution in [2.75, 3.05) is 33.9 Å². The summed E-state index contributed by atoms with van der Waals surface area (Å²) in [4.78, 5) is 28.8. The number of carbonyl (C=O) groups excluding carboxylic acids is 2. The minimum Gasteiger partial charge on any atom is -0.383 e. The number of methoxy groups -OCH3 is 1. The number of rotatable bonds is 6. The molecule has 126 valence electrons. The zero-order valence-electron chi connectivity index (χ0n) is 14.4. The lowest BCUT2D eigenvalue weighted by atomic mass is 9.90. The fraction of sp³-hybridized carbons (Fsp3) is 0.556. The van der Waals surface area contributed by atoms with E-state index in [1.807, 2.05) is 38.1 Å². The molecule has 1 fully saturated rings. The van der Waals surface area contributed by atoms with E-state index in [1.165, 1.54) is 0 Å². The molecular weight excluding hydrogens is 292 g/mol. The summed E-state index contributed by atoms with van der Waals surface area (Å²) in [6.07, 6.45) is 0.270. The van der Waals surface area contributed by atoms with E-state index >= 15 is 0 Å². The van der Waals surface area contributed by atoms with Crippen LogP contribution in [0.2, 0.25) is 0 Å². The molecule has 2 amide bonds. The summed E-state index contributed by atoms with van der Waals surface area (Å²) in [6, 6.07) is 7.78. The highest BCUT2D eigenvalue weighted by Crippen LogP contribution is 2.40. The van der Waals surface area contributed by atoms with E-state index in [-0.39, 0.29) is 30.2 Å². The van der Waals surface area contributed by atoms with Gasteiger partial charge in [0.25, 0.3) is 0 Å². The molecule has 1 aliphatic rings. The number of amides is 2.